The van der Waals surface area contributed by atoms with Gasteiger partial charge in [0.25, 0.3) is 5.91 Å². The summed E-state index contributed by atoms with van der Waals surface area (Å²) in [5.41, 5.74) is 1.39. The Morgan fingerprint density at radius 3 is 3.00 bits per heavy atom. The molecule has 0 radical (unpaired) electrons. The van der Waals surface area contributed by atoms with E-state index in [1.807, 2.05) is 18.2 Å². The molecule has 1 saturated heterocycles. The van der Waals surface area contributed by atoms with E-state index in [1.165, 1.54) is 4.90 Å². The molecular formula is C14H13BrN2O4. The maximum Gasteiger partial charge on any atom is 0.334 e. The second-order valence-corrected chi connectivity index (χ2v) is 5.67. The van der Waals surface area contributed by atoms with E-state index in [-0.39, 0.29) is 19.1 Å². The van der Waals surface area contributed by atoms with Gasteiger partial charge in [-0.25, -0.2) is 4.79 Å². The summed E-state index contributed by atoms with van der Waals surface area (Å²) < 4.78 is 5.96. The molecule has 1 aromatic heterocycles. The van der Waals surface area contributed by atoms with Gasteiger partial charge in [-0.05, 0) is 12.1 Å². The molecule has 0 aliphatic carbocycles. The first kappa shape index (κ1) is 14.1. The summed E-state index contributed by atoms with van der Waals surface area (Å²) in [6.07, 6.45) is 0.694. The number of amides is 1. The number of aromatic nitrogens is 1. The molecule has 1 aliphatic heterocycles. The fraction of sp³-hybridized carbons (Fsp3) is 0.286. The molecule has 7 heteroatoms. The Kier molecular flexibility index (Phi) is 3.69. The third kappa shape index (κ3) is 2.54. The summed E-state index contributed by atoms with van der Waals surface area (Å²) in [5.74, 6) is -1.24. The number of rotatable bonds is 2. The van der Waals surface area contributed by atoms with Gasteiger partial charge in [0.1, 0.15) is 0 Å². The van der Waals surface area contributed by atoms with Crippen LogP contribution in [0, 0.1) is 0 Å². The number of carbonyl (C=O) groups is 2. The zero-order valence-corrected chi connectivity index (χ0v) is 12.6. The van der Waals surface area contributed by atoms with Crippen LogP contribution in [0.15, 0.2) is 28.9 Å². The van der Waals surface area contributed by atoms with Crippen LogP contribution in [0.4, 0.5) is 0 Å². The lowest BCUT2D eigenvalue weighted by atomic mass is 10.1. The molecule has 21 heavy (non-hydrogen) atoms. The fourth-order valence-corrected chi connectivity index (χ4v) is 3.04. The van der Waals surface area contributed by atoms with E-state index in [2.05, 4.69) is 20.9 Å². The number of hydrogen-bond acceptors (Lipinski definition) is 3. The molecule has 1 aliphatic rings. The number of carbonyl (C=O) groups excluding carboxylic acids is 1. The molecule has 110 valence electrons. The Balaban J connectivity index is 1.92. The third-order valence-electron chi connectivity index (χ3n) is 3.51. The number of fused-ring (bicyclic) bond motifs is 1. The molecule has 1 fully saturated rings. The lowest BCUT2D eigenvalue weighted by Crippen LogP contribution is -2.48. The normalized spacial score (nSPS) is 18.9. The van der Waals surface area contributed by atoms with Crippen molar-refractivity contribution in [3.63, 3.8) is 0 Å². The Labute approximate surface area is 128 Å². The lowest BCUT2D eigenvalue weighted by molar-refractivity contribution is -0.154. The van der Waals surface area contributed by atoms with Crippen molar-refractivity contribution in [2.75, 3.05) is 19.7 Å². The molecule has 6 nitrogen and oxygen atoms in total. The lowest BCUT2D eigenvalue weighted by Gasteiger charge is -2.30. The van der Waals surface area contributed by atoms with Crippen molar-refractivity contribution < 1.29 is 19.4 Å². The van der Waals surface area contributed by atoms with Crippen molar-refractivity contribution in [2.45, 2.75) is 6.10 Å². The van der Waals surface area contributed by atoms with Crippen molar-refractivity contribution in [3.8, 4) is 0 Å². The van der Waals surface area contributed by atoms with Crippen molar-refractivity contribution >= 4 is 38.7 Å². The summed E-state index contributed by atoms with van der Waals surface area (Å²) in [6.45, 7) is 0.678. The molecule has 1 amide bonds. The predicted octanol–water partition coefficient (Wildman–Crippen LogP) is 1.86. The van der Waals surface area contributed by atoms with Crippen molar-refractivity contribution in [3.05, 3.63) is 34.4 Å². The van der Waals surface area contributed by atoms with Crippen LogP contribution >= 0.6 is 15.9 Å². The standard InChI is InChI=1S/C14H13BrN2O4/c15-9-2-1-3-10-12(9)8(6-16-10)13(18)17-4-5-21-11(7-17)14(19)20/h1-3,6,11,16H,4-5,7H2,(H,19,20)/t11-/m0/s1. The second-order valence-electron chi connectivity index (χ2n) is 4.81. The number of carboxylic acids is 1. The number of nitrogens with one attached hydrogen (secondary N) is 1. The summed E-state index contributed by atoms with van der Waals surface area (Å²) in [5, 5.41) is 9.81. The van der Waals surface area contributed by atoms with E-state index in [1.54, 1.807) is 6.20 Å². The Morgan fingerprint density at radius 1 is 1.43 bits per heavy atom. The molecule has 0 bridgehead atoms. The van der Waals surface area contributed by atoms with Crippen molar-refractivity contribution in [2.24, 2.45) is 0 Å². The quantitative estimate of drug-likeness (QED) is 0.863. The van der Waals surface area contributed by atoms with E-state index in [9.17, 15) is 9.59 Å². The monoisotopic (exact) mass is 352 g/mol. The fourth-order valence-electron chi connectivity index (χ4n) is 2.46. The van der Waals surface area contributed by atoms with Gasteiger partial charge in [0, 0.05) is 28.1 Å². The maximum atomic E-state index is 12.6. The van der Waals surface area contributed by atoms with E-state index in [0.29, 0.717) is 12.1 Å². The second kappa shape index (κ2) is 5.50. The van der Waals surface area contributed by atoms with Gasteiger partial charge in [-0.2, -0.15) is 0 Å². The number of aliphatic carboxylic acids is 1. The maximum absolute atomic E-state index is 12.6. The topological polar surface area (TPSA) is 82.6 Å². The number of nitrogens with zero attached hydrogens (tertiary/aromatic N) is 1. The minimum Gasteiger partial charge on any atom is -0.479 e. The largest absolute Gasteiger partial charge is 0.479 e. The number of H-pyrrole nitrogens is 1. The van der Waals surface area contributed by atoms with Crippen LogP contribution in [-0.2, 0) is 9.53 Å². The molecule has 2 N–H and O–H groups in total. The average Bonchev–Trinajstić information content (AvgIpc) is 2.92. The van der Waals surface area contributed by atoms with Crippen LogP contribution < -0.4 is 0 Å². The molecule has 0 spiro atoms. The molecule has 2 aromatic rings. The SMILES string of the molecule is O=C(O)[C@@H]1CN(C(=O)c2c[nH]c3cccc(Br)c23)CCO1. The van der Waals surface area contributed by atoms with Crippen LogP contribution in [0.5, 0.6) is 0 Å². The summed E-state index contributed by atoms with van der Waals surface area (Å²) in [7, 11) is 0. The molecule has 2 heterocycles. The van der Waals surface area contributed by atoms with Crippen LogP contribution in [0.2, 0.25) is 0 Å². The zero-order chi connectivity index (χ0) is 15.0. The molecule has 1 atom stereocenters. The van der Waals surface area contributed by atoms with Gasteiger partial charge in [0.2, 0.25) is 0 Å². The van der Waals surface area contributed by atoms with Gasteiger partial charge in [-0.1, -0.05) is 22.0 Å². The first-order chi connectivity index (χ1) is 10.1. The first-order valence-electron chi connectivity index (χ1n) is 6.47. The van der Waals surface area contributed by atoms with Gasteiger partial charge >= 0.3 is 5.97 Å². The van der Waals surface area contributed by atoms with E-state index < -0.39 is 12.1 Å². The van der Waals surface area contributed by atoms with Gasteiger partial charge in [-0.3, -0.25) is 4.79 Å². The van der Waals surface area contributed by atoms with Crippen LogP contribution in [0.1, 0.15) is 10.4 Å². The highest BCUT2D eigenvalue weighted by atomic mass is 79.9. The van der Waals surface area contributed by atoms with Gasteiger partial charge in [0.15, 0.2) is 6.10 Å². The number of halogens is 1. The van der Waals surface area contributed by atoms with Gasteiger partial charge in [0.05, 0.1) is 18.7 Å². The number of aromatic amines is 1. The summed E-state index contributed by atoms with van der Waals surface area (Å²) in [6, 6.07) is 5.63. The molecule has 3 rings (SSSR count). The van der Waals surface area contributed by atoms with Gasteiger partial charge in [-0.15, -0.1) is 0 Å². The van der Waals surface area contributed by atoms with E-state index in [4.69, 9.17) is 9.84 Å². The predicted molar refractivity (Wildman–Crippen MR) is 79.3 cm³/mol. The smallest absolute Gasteiger partial charge is 0.334 e. The number of benzene rings is 1. The molecule has 0 unspecified atom stereocenters. The number of ether oxygens (including phenoxy) is 1. The van der Waals surface area contributed by atoms with Crippen LogP contribution in [0.25, 0.3) is 10.9 Å². The first-order valence-corrected chi connectivity index (χ1v) is 7.26. The summed E-state index contributed by atoms with van der Waals surface area (Å²) in [4.78, 5) is 28.2. The van der Waals surface area contributed by atoms with E-state index in [0.717, 1.165) is 15.4 Å². The molecule has 0 saturated carbocycles. The highest BCUT2D eigenvalue weighted by molar-refractivity contribution is 9.10. The van der Waals surface area contributed by atoms with Gasteiger partial charge < -0.3 is 19.7 Å². The van der Waals surface area contributed by atoms with Crippen LogP contribution in [-0.4, -0.2) is 52.7 Å². The molecular weight excluding hydrogens is 340 g/mol. The van der Waals surface area contributed by atoms with E-state index >= 15 is 0 Å². The number of morpholine rings is 1. The Bertz CT molecular complexity index is 712. The Hall–Kier alpha value is -1.86. The van der Waals surface area contributed by atoms with Crippen LogP contribution in [0.3, 0.4) is 0 Å². The Morgan fingerprint density at radius 2 is 2.24 bits per heavy atom. The minimum absolute atomic E-state index is 0.0608. The number of hydrogen-bond donors (Lipinski definition) is 2. The third-order valence-corrected chi connectivity index (χ3v) is 4.18. The summed E-state index contributed by atoms with van der Waals surface area (Å²) >= 11 is 3.44. The number of carboxylic acid groups (broad SMARTS) is 1. The average molecular weight is 353 g/mol. The molecule has 1 aromatic carbocycles. The minimum atomic E-state index is -1.05. The highest BCUT2D eigenvalue weighted by Gasteiger charge is 2.30. The zero-order valence-electron chi connectivity index (χ0n) is 11.0. The van der Waals surface area contributed by atoms with Crippen molar-refractivity contribution in [1.82, 2.24) is 9.88 Å². The van der Waals surface area contributed by atoms with Crippen molar-refractivity contribution in [1.29, 1.82) is 0 Å². The highest BCUT2D eigenvalue weighted by Crippen LogP contribution is 2.28.